The van der Waals surface area contributed by atoms with Crippen LogP contribution in [0.4, 0.5) is 0 Å². The maximum Gasteiger partial charge on any atom is 0.252 e. The lowest BCUT2D eigenvalue weighted by molar-refractivity contribution is 0.0920. The van der Waals surface area contributed by atoms with Gasteiger partial charge in [0.2, 0.25) is 0 Å². The van der Waals surface area contributed by atoms with E-state index in [0.29, 0.717) is 12.3 Å². The molecule has 1 amide bonds. The number of hydrogen-bond donors (Lipinski definition) is 1. The number of aromatic nitrogens is 2. The summed E-state index contributed by atoms with van der Waals surface area (Å²) in [6, 6.07) is 22.3. The maximum absolute atomic E-state index is 14.0. The van der Waals surface area contributed by atoms with E-state index in [9.17, 15) is 4.79 Å². The lowest BCUT2D eigenvalue weighted by Crippen LogP contribution is -2.39. The number of fused-ring (bicyclic) bond motifs is 1. The first-order chi connectivity index (χ1) is 16.7. The van der Waals surface area contributed by atoms with Gasteiger partial charge in [0.15, 0.2) is 0 Å². The summed E-state index contributed by atoms with van der Waals surface area (Å²) in [6.07, 6.45) is 10.4. The monoisotopic (exact) mass is 449 g/mol. The first kappa shape index (κ1) is 22.3. The Morgan fingerprint density at radius 2 is 1.65 bits per heavy atom. The summed E-state index contributed by atoms with van der Waals surface area (Å²) in [5.41, 5.74) is 5.54. The molecule has 0 saturated heterocycles. The van der Waals surface area contributed by atoms with Crippen molar-refractivity contribution in [2.45, 2.75) is 51.5 Å². The average Bonchev–Trinajstić information content (AvgIpc) is 2.89. The molecule has 34 heavy (non-hydrogen) atoms. The highest BCUT2D eigenvalue weighted by Crippen LogP contribution is 2.33. The van der Waals surface area contributed by atoms with Gasteiger partial charge in [0.25, 0.3) is 5.91 Å². The van der Waals surface area contributed by atoms with Gasteiger partial charge >= 0.3 is 0 Å². The van der Waals surface area contributed by atoms with Gasteiger partial charge in [-0.25, -0.2) is 4.98 Å². The number of nitrogens with one attached hydrogen (secondary N) is 1. The number of carbonyl (C=O) groups excluding carboxylic acids is 1. The zero-order chi connectivity index (χ0) is 23.3. The number of rotatable bonds is 6. The van der Waals surface area contributed by atoms with Gasteiger partial charge < -0.3 is 5.32 Å². The number of benzene rings is 2. The molecule has 4 nitrogen and oxygen atoms in total. The molecule has 5 rings (SSSR count). The number of hydrogen-bond acceptors (Lipinski definition) is 3. The highest BCUT2D eigenvalue weighted by molar-refractivity contribution is 6.09. The van der Waals surface area contributed by atoms with Crippen LogP contribution in [-0.4, -0.2) is 21.9 Å². The van der Waals surface area contributed by atoms with Crippen LogP contribution >= 0.6 is 0 Å². The maximum atomic E-state index is 14.0. The lowest BCUT2D eigenvalue weighted by atomic mass is 9.84. The summed E-state index contributed by atoms with van der Waals surface area (Å²) < 4.78 is 0. The van der Waals surface area contributed by atoms with Crippen molar-refractivity contribution in [3.63, 3.8) is 0 Å². The Kier molecular flexibility index (Phi) is 6.66. The first-order valence-corrected chi connectivity index (χ1v) is 12.4. The summed E-state index contributed by atoms with van der Waals surface area (Å²) in [4.78, 5) is 23.2. The van der Waals surface area contributed by atoms with Gasteiger partial charge in [-0.1, -0.05) is 67.8 Å². The third-order valence-corrected chi connectivity index (χ3v) is 7.11. The largest absolute Gasteiger partial charge is 0.349 e. The van der Waals surface area contributed by atoms with Gasteiger partial charge in [0.05, 0.1) is 16.8 Å². The van der Waals surface area contributed by atoms with E-state index in [2.05, 4.69) is 29.4 Å². The fourth-order valence-electron chi connectivity index (χ4n) is 5.25. The minimum Gasteiger partial charge on any atom is -0.349 e. The number of para-hydroxylation sites is 1. The molecule has 1 fully saturated rings. The predicted molar refractivity (Wildman–Crippen MR) is 138 cm³/mol. The van der Waals surface area contributed by atoms with Crippen LogP contribution in [0, 0.1) is 5.92 Å². The van der Waals surface area contributed by atoms with Crippen LogP contribution in [0.3, 0.4) is 0 Å². The van der Waals surface area contributed by atoms with Crippen LogP contribution in [0.15, 0.2) is 79.1 Å². The molecule has 1 aliphatic rings. The van der Waals surface area contributed by atoms with E-state index in [1.54, 1.807) is 12.4 Å². The number of amides is 1. The normalized spacial score (nSPS) is 15.2. The molecule has 2 aromatic carbocycles. The first-order valence-electron chi connectivity index (χ1n) is 12.4. The van der Waals surface area contributed by atoms with Crippen LogP contribution < -0.4 is 5.32 Å². The van der Waals surface area contributed by atoms with E-state index in [-0.39, 0.29) is 11.9 Å². The van der Waals surface area contributed by atoms with E-state index >= 15 is 0 Å². The Labute approximate surface area is 201 Å². The van der Waals surface area contributed by atoms with Crippen LogP contribution in [0.2, 0.25) is 0 Å². The Bertz CT molecular complexity index is 1260. The van der Waals surface area contributed by atoms with Crippen molar-refractivity contribution in [3.8, 4) is 11.3 Å². The topological polar surface area (TPSA) is 54.9 Å². The summed E-state index contributed by atoms with van der Waals surface area (Å²) in [5.74, 6) is 0.543. The Hall–Kier alpha value is -3.53. The summed E-state index contributed by atoms with van der Waals surface area (Å²) in [7, 11) is 0. The standard InChI is InChI=1S/C30H31N3O/c1-21(23-10-4-2-5-11-23)32-30(34)28-25-14-8-9-15-27(25)33-29(24-12-6-3-7-13-24)26(28)20-22-16-18-31-19-17-22/h3,6-9,12-19,21,23H,2,4-5,10-11,20H2,1H3,(H,32,34). The number of carbonyl (C=O) groups is 1. The van der Waals surface area contributed by atoms with Gasteiger partial charge in [0, 0.05) is 35.8 Å². The molecule has 1 atom stereocenters. The Balaban J connectivity index is 1.64. The highest BCUT2D eigenvalue weighted by atomic mass is 16.1. The smallest absolute Gasteiger partial charge is 0.252 e. The zero-order valence-electron chi connectivity index (χ0n) is 19.7. The van der Waals surface area contributed by atoms with Gasteiger partial charge in [0.1, 0.15) is 0 Å². The molecule has 0 radical (unpaired) electrons. The Morgan fingerprint density at radius 3 is 2.41 bits per heavy atom. The third kappa shape index (κ3) is 4.72. The second kappa shape index (κ2) is 10.2. The molecule has 2 heterocycles. The van der Waals surface area contributed by atoms with Crippen LogP contribution in [0.1, 0.15) is 60.5 Å². The van der Waals surface area contributed by atoms with Crippen LogP contribution in [0.25, 0.3) is 22.2 Å². The van der Waals surface area contributed by atoms with E-state index in [4.69, 9.17) is 4.98 Å². The Morgan fingerprint density at radius 1 is 0.941 bits per heavy atom. The molecular weight excluding hydrogens is 418 g/mol. The molecule has 2 aromatic heterocycles. The second-order valence-corrected chi connectivity index (χ2v) is 9.39. The number of nitrogens with zero attached hydrogens (tertiary/aromatic N) is 2. The fraction of sp³-hybridized carbons (Fsp3) is 0.300. The van der Waals surface area contributed by atoms with Gasteiger partial charge in [-0.05, 0) is 55.0 Å². The van der Waals surface area contributed by atoms with E-state index < -0.39 is 0 Å². The van der Waals surface area contributed by atoms with Crippen molar-refractivity contribution < 1.29 is 4.79 Å². The van der Waals surface area contributed by atoms with E-state index in [0.717, 1.165) is 38.9 Å². The van der Waals surface area contributed by atoms with Crippen LogP contribution in [0.5, 0.6) is 0 Å². The minimum absolute atomic E-state index is 0.00193. The molecule has 4 heteroatoms. The second-order valence-electron chi connectivity index (χ2n) is 9.39. The molecule has 172 valence electrons. The summed E-state index contributed by atoms with van der Waals surface area (Å²) in [6.45, 7) is 2.16. The quantitative estimate of drug-likeness (QED) is 0.361. The summed E-state index contributed by atoms with van der Waals surface area (Å²) in [5, 5.41) is 4.29. The molecule has 0 bridgehead atoms. The number of pyridine rings is 2. The molecule has 1 N–H and O–H groups in total. The van der Waals surface area contributed by atoms with Crippen molar-refractivity contribution in [3.05, 3.63) is 95.8 Å². The van der Waals surface area contributed by atoms with E-state index in [1.165, 1.54) is 32.1 Å². The minimum atomic E-state index is -0.00193. The van der Waals surface area contributed by atoms with Crippen molar-refractivity contribution in [2.75, 3.05) is 0 Å². The molecule has 0 spiro atoms. The molecule has 1 aliphatic carbocycles. The summed E-state index contributed by atoms with van der Waals surface area (Å²) >= 11 is 0. The van der Waals surface area contributed by atoms with Crippen molar-refractivity contribution in [1.82, 2.24) is 15.3 Å². The van der Waals surface area contributed by atoms with Crippen LogP contribution in [-0.2, 0) is 6.42 Å². The molecule has 1 unspecified atom stereocenters. The fourth-order valence-corrected chi connectivity index (χ4v) is 5.25. The van der Waals surface area contributed by atoms with E-state index in [1.807, 2.05) is 54.6 Å². The predicted octanol–water partition coefficient (Wildman–Crippen LogP) is 6.59. The molecule has 0 aliphatic heterocycles. The van der Waals surface area contributed by atoms with Crippen molar-refractivity contribution in [1.29, 1.82) is 0 Å². The van der Waals surface area contributed by atoms with Crippen molar-refractivity contribution in [2.24, 2.45) is 5.92 Å². The lowest BCUT2D eigenvalue weighted by Gasteiger charge is -2.29. The molecular formula is C30H31N3O. The SMILES string of the molecule is CC(NC(=O)c1c(Cc2ccncc2)c(-c2ccccc2)nc2ccccc12)C1CCCCC1. The molecule has 4 aromatic rings. The third-order valence-electron chi connectivity index (χ3n) is 7.11. The average molecular weight is 450 g/mol. The molecule has 1 saturated carbocycles. The van der Waals surface area contributed by atoms with Crippen molar-refractivity contribution >= 4 is 16.8 Å². The van der Waals surface area contributed by atoms with Gasteiger partial charge in [-0.2, -0.15) is 0 Å². The van der Waals surface area contributed by atoms with Gasteiger partial charge in [-0.15, -0.1) is 0 Å². The zero-order valence-corrected chi connectivity index (χ0v) is 19.7. The highest BCUT2D eigenvalue weighted by Gasteiger charge is 2.26. The van der Waals surface area contributed by atoms with Gasteiger partial charge in [-0.3, -0.25) is 9.78 Å².